The van der Waals surface area contributed by atoms with Crippen molar-refractivity contribution in [2.45, 2.75) is 38.2 Å². The minimum absolute atomic E-state index is 0.382. The van der Waals surface area contributed by atoms with Crippen molar-refractivity contribution < 1.29 is 5.11 Å². The number of aliphatic hydroxyl groups is 1. The zero-order valence-corrected chi connectivity index (χ0v) is 6.69. The Bertz CT molecular complexity index is 91.9. The van der Waals surface area contributed by atoms with Gasteiger partial charge in [0.15, 0.2) is 0 Å². The van der Waals surface area contributed by atoms with Crippen molar-refractivity contribution in [3.05, 3.63) is 0 Å². The lowest BCUT2D eigenvalue weighted by Gasteiger charge is -2.32. The second-order valence-corrected chi connectivity index (χ2v) is 3.25. The van der Waals surface area contributed by atoms with E-state index in [9.17, 15) is 5.11 Å². The fourth-order valence-corrected chi connectivity index (χ4v) is 1.63. The van der Waals surface area contributed by atoms with Crippen LogP contribution in [0.4, 0.5) is 0 Å². The molecule has 1 heterocycles. The molecule has 1 aliphatic rings. The maximum atomic E-state index is 9.81. The molecule has 1 aliphatic heterocycles. The molecule has 0 spiro atoms. The molecule has 0 radical (unpaired) electrons. The largest absolute Gasteiger partial charge is 0.389 e. The number of hydrogen-bond acceptors (Lipinski definition) is 2. The third-order valence-corrected chi connectivity index (χ3v) is 2.17. The van der Waals surface area contributed by atoms with Crippen LogP contribution in [0.1, 0.15) is 32.6 Å². The average Bonchev–Trinajstić information content (AvgIpc) is 1.89. The summed E-state index contributed by atoms with van der Waals surface area (Å²) in [5.74, 6) is 0. The Kier molecular flexibility index (Phi) is 2.69. The van der Waals surface area contributed by atoms with E-state index in [4.69, 9.17) is 0 Å². The summed E-state index contributed by atoms with van der Waals surface area (Å²) in [5, 5.41) is 13.0. The summed E-state index contributed by atoms with van der Waals surface area (Å²) in [7, 11) is 0. The van der Waals surface area contributed by atoms with E-state index in [-0.39, 0.29) is 5.60 Å². The standard InChI is InChI=1S/C8H17NO/c1-2-4-8(10)5-3-6-9-7-8/h9-10H,2-7H2,1H3/t8-/m0/s1. The molecule has 2 nitrogen and oxygen atoms in total. The molecule has 0 aromatic heterocycles. The molecule has 0 aromatic rings. The summed E-state index contributed by atoms with van der Waals surface area (Å²) in [5.41, 5.74) is -0.382. The van der Waals surface area contributed by atoms with Gasteiger partial charge < -0.3 is 10.4 Å². The second-order valence-electron chi connectivity index (χ2n) is 3.25. The highest BCUT2D eigenvalue weighted by Crippen LogP contribution is 2.20. The van der Waals surface area contributed by atoms with Crippen molar-refractivity contribution in [2.75, 3.05) is 13.1 Å². The lowest BCUT2D eigenvalue weighted by molar-refractivity contribution is 0.00800. The van der Waals surface area contributed by atoms with Gasteiger partial charge in [-0.05, 0) is 25.8 Å². The summed E-state index contributed by atoms with van der Waals surface area (Å²) in [6.45, 7) is 3.99. The summed E-state index contributed by atoms with van der Waals surface area (Å²) in [6, 6.07) is 0. The first-order valence-corrected chi connectivity index (χ1v) is 4.20. The Hall–Kier alpha value is -0.0800. The first-order valence-electron chi connectivity index (χ1n) is 4.20. The monoisotopic (exact) mass is 143 g/mol. The van der Waals surface area contributed by atoms with Gasteiger partial charge in [-0.1, -0.05) is 13.3 Å². The summed E-state index contributed by atoms with van der Waals surface area (Å²) in [6.07, 6.45) is 4.13. The van der Waals surface area contributed by atoms with Gasteiger partial charge in [-0.3, -0.25) is 0 Å². The van der Waals surface area contributed by atoms with Gasteiger partial charge in [0.25, 0.3) is 0 Å². The molecule has 0 bridgehead atoms. The third-order valence-electron chi connectivity index (χ3n) is 2.17. The van der Waals surface area contributed by atoms with Crippen molar-refractivity contribution in [3.8, 4) is 0 Å². The highest BCUT2D eigenvalue weighted by molar-refractivity contribution is 4.84. The summed E-state index contributed by atoms with van der Waals surface area (Å²) < 4.78 is 0. The first kappa shape index (κ1) is 8.02. The van der Waals surface area contributed by atoms with Gasteiger partial charge in [-0.2, -0.15) is 0 Å². The molecule has 0 unspecified atom stereocenters. The number of piperidine rings is 1. The van der Waals surface area contributed by atoms with E-state index < -0.39 is 0 Å². The molecule has 60 valence electrons. The Morgan fingerprint density at radius 1 is 1.60 bits per heavy atom. The molecule has 1 rings (SSSR count). The topological polar surface area (TPSA) is 32.3 Å². The van der Waals surface area contributed by atoms with Crippen LogP contribution >= 0.6 is 0 Å². The van der Waals surface area contributed by atoms with Crippen LogP contribution in [0.2, 0.25) is 0 Å². The lowest BCUT2D eigenvalue weighted by atomic mass is 9.90. The molecule has 10 heavy (non-hydrogen) atoms. The zero-order valence-electron chi connectivity index (χ0n) is 6.69. The van der Waals surface area contributed by atoms with Gasteiger partial charge >= 0.3 is 0 Å². The van der Waals surface area contributed by atoms with Crippen LogP contribution in [0.3, 0.4) is 0 Å². The molecule has 1 fully saturated rings. The molecule has 1 saturated heterocycles. The third kappa shape index (κ3) is 1.96. The van der Waals surface area contributed by atoms with Crippen molar-refractivity contribution in [2.24, 2.45) is 0 Å². The lowest BCUT2D eigenvalue weighted by Crippen LogP contribution is -2.45. The maximum Gasteiger partial charge on any atom is 0.0771 e. The van der Waals surface area contributed by atoms with E-state index in [1.54, 1.807) is 0 Å². The van der Waals surface area contributed by atoms with Crippen LogP contribution in [0.15, 0.2) is 0 Å². The van der Waals surface area contributed by atoms with Gasteiger partial charge in [0.1, 0.15) is 0 Å². The van der Waals surface area contributed by atoms with E-state index in [1.165, 1.54) is 0 Å². The molecule has 1 atom stereocenters. The summed E-state index contributed by atoms with van der Waals surface area (Å²) >= 11 is 0. The Morgan fingerprint density at radius 2 is 2.40 bits per heavy atom. The minimum Gasteiger partial charge on any atom is -0.389 e. The van der Waals surface area contributed by atoms with E-state index in [1.807, 2.05) is 0 Å². The molecular weight excluding hydrogens is 126 g/mol. The zero-order chi connectivity index (χ0) is 7.45. The summed E-state index contributed by atoms with van der Waals surface area (Å²) in [4.78, 5) is 0. The molecule has 2 heteroatoms. The van der Waals surface area contributed by atoms with Crippen LogP contribution in [0, 0.1) is 0 Å². The highest BCUT2D eigenvalue weighted by atomic mass is 16.3. The van der Waals surface area contributed by atoms with Crippen LogP contribution in [-0.4, -0.2) is 23.8 Å². The number of hydrogen-bond donors (Lipinski definition) is 2. The predicted octanol–water partition coefficient (Wildman–Crippen LogP) is 0.901. The molecule has 2 N–H and O–H groups in total. The Balaban J connectivity index is 2.32. The smallest absolute Gasteiger partial charge is 0.0771 e. The number of rotatable bonds is 2. The predicted molar refractivity (Wildman–Crippen MR) is 42.0 cm³/mol. The van der Waals surface area contributed by atoms with Crippen LogP contribution < -0.4 is 5.32 Å². The normalized spacial score (nSPS) is 34.2. The van der Waals surface area contributed by atoms with Gasteiger partial charge in [0, 0.05) is 6.54 Å². The average molecular weight is 143 g/mol. The number of β-amino-alcohol motifs (C(OH)–C–C–N with tert-alkyl or cyclic N) is 1. The minimum atomic E-state index is -0.382. The van der Waals surface area contributed by atoms with Crippen LogP contribution in [0.25, 0.3) is 0 Å². The van der Waals surface area contributed by atoms with Gasteiger partial charge in [-0.25, -0.2) is 0 Å². The van der Waals surface area contributed by atoms with Crippen molar-refractivity contribution >= 4 is 0 Å². The van der Waals surface area contributed by atoms with Crippen LogP contribution in [0.5, 0.6) is 0 Å². The van der Waals surface area contributed by atoms with Gasteiger partial charge in [-0.15, -0.1) is 0 Å². The second kappa shape index (κ2) is 3.35. The molecule has 0 saturated carbocycles. The van der Waals surface area contributed by atoms with E-state index in [0.717, 1.165) is 38.8 Å². The van der Waals surface area contributed by atoms with E-state index in [2.05, 4.69) is 12.2 Å². The van der Waals surface area contributed by atoms with Crippen molar-refractivity contribution in [1.82, 2.24) is 5.32 Å². The van der Waals surface area contributed by atoms with Crippen molar-refractivity contribution in [3.63, 3.8) is 0 Å². The van der Waals surface area contributed by atoms with Crippen molar-refractivity contribution in [1.29, 1.82) is 0 Å². The Labute approximate surface area is 62.6 Å². The SMILES string of the molecule is CCC[C@]1(O)CCCNC1. The van der Waals surface area contributed by atoms with E-state index in [0.29, 0.717) is 0 Å². The van der Waals surface area contributed by atoms with Gasteiger partial charge in [0.05, 0.1) is 5.60 Å². The molecular formula is C8H17NO. The van der Waals surface area contributed by atoms with E-state index >= 15 is 0 Å². The van der Waals surface area contributed by atoms with Crippen LogP contribution in [-0.2, 0) is 0 Å². The Morgan fingerprint density at radius 3 is 2.90 bits per heavy atom. The quantitative estimate of drug-likeness (QED) is 0.602. The highest BCUT2D eigenvalue weighted by Gasteiger charge is 2.27. The fourth-order valence-electron chi connectivity index (χ4n) is 1.63. The first-order chi connectivity index (χ1) is 4.77. The fraction of sp³-hybridized carbons (Fsp3) is 1.00. The maximum absolute atomic E-state index is 9.81. The molecule has 0 aromatic carbocycles. The van der Waals surface area contributed by atoms with Gasteiger partial charge in [0.2, 0.25) is 0 Å². The molecule has 0 amide bonds. The molecule has 0 aliphatic carbocycles. The number of nitrogens with one attached hydrogen (secondary N) is 1.